The van der Waals surface area contributed by atoms with Crippen LogP contribution in [0.1, 0.15) is 40.3 Å². The molecule has 1 atom stereocenters. The first kappa shape index (κ1) is 18.1. The van der Waals surface area contributed by atoms with Crippen LogP contribution in [0.4, 0.5) is 5.82 Å². The number of nitrogens with one attached hydrogen (secondary N) is 2. The molecule has 1 amide bonds. The van der Waals surface area contributed by atoms with Crippen molar-refractivity contribution < 1.29 is 14.3 Å². The molecule has 2 heterocycles. The molecule has 0 aliphatic carbocycles. The molecule has 1 aliphatic rings. The summed E-state index contributed by atoms with van der Waals surface area (Å²) in [7, 11) is 1.63. The number of ether oxygens (including phenoxy) is 2. The molecule has 4 rings (SSSR count). The van der Waals surface area contributed by atoms with Crippen LogP contribution in [0.2, 0.25) is 0 Å². The van der Waals surface area contributed by atoms with Crippen molar-refractivity contribution in [1.82, 2.24) is 10.2 Å². The van der Waals surface area contributed by atoms with Crippen LogP contribution >= 0.6 is 0 Å². The van der Waals surface area contributed by atoms with Crippen molar-refractivity contribution in [1.29, 1.82) is 0 Å². The molecule has 6 nitrogen and oxygen atoms in total. The van der Waals surface area contributed by atoms with Gasteiger partial charge >= 0.3 is 0 Å². The molecule has 1 aromatic heterocycles. The molecular weight excluding hydrogens is 354 g/mol. The van der Waals surface area contributed by atoms with E-state index in [9.17, 15) is 4.79 Å². The number of carbonyl (C=O) groups excluding carboxylic acids is 1. The first-order valence-corrected chi connectivity index (χ1v) is 9.26. The standard InChI is InChI=1S/C22H23N3O3/c1-13-6-4-5-7-16(13)12-28-18-9-8-15(10-19(18)27-3)17-11-20(26)23-22-21(17)14(2)24-25-22/h4-10,17H,11-12H2,1-3H3,(H2,23,24,25,26)/t17-/m1/s1. The summed E-state index contributed by atoms with van der Waals surface area (Å²) in [6.07, 6.45) is 0.375. The number of aromatic nitrogens is 2. The van der Waals surface area contributed by atoms with Gasteiger partial charge in [0.05, 0.1) is 7.11 Å². The van der Waals surface area contributed by atoms with Gasteiger partial charge in [0.1, 0.15) is 6.61 Å². The SMILES string of the molecule is COc1cc([C@H]2CC(=O)Nc3n[nH]c(C)c32)ccc1OCc1ccccc1C. The number of fused-ring (bicyclic) bond motifs is 1. The summed E-state index contributed by atoms with van der Waals surface area (Å²) in [4.78, 5) is 12.1. The van der Waals surface area contributed by atoms with Gasteiger partial charge in [0, 0.05) is 23.6 Å². The van der Waals surface area contributed by atoms with E-state index in [1.165, 1.54) is 5.56 Å². The summed E-state index contributed by atoms with van der Waals surface area (Å²) in [5.74, 6) is 1.83. The van der Waals surface area contributed by atoms with Crippen molar-refractivity contribution in [3.63, 3.8) is 0 Å². The number of methoxy groups -OCH3 is 1. The zero-order valence-corrected chi connectivity index (χ0v) is 16.2. The average Bonchev–Trinajstić information content (AvgIpc) is 3.07. The van der Waals surface area contributed by atoms with Crippen LogP contribution in [0.15, 0.2) is 42.5 Å². The van der Waals surface area contributed by atoms with Crippen molar-refractivity contribution in [2.24, 2.45) is 0 Å². The molecule has 28 heavy (non-hydrogen) atoms. The van der Waals surface area contributed by atoms with Crippen LogP contribution in [0.5, 0.6) is 11.5 Å². The minimum atomic E-state index is -0.0678. The second-order valence-electron chi connectivity index (χ2n) is 7.04. The molecule has 2 aromatic carbocycles. The van der Waals surface area contributed by atoms with Crippen LogP contribution in [-0.4, -0.2) is 23.2 Å². The van der Waals surface area contributed by atoms with Gasteiger partial charge in [0.15, 0.2) is 17.3 Å². The Kier molecular flexibility index (Phi) is 4.77. The van der Waals surface area contributed by atoms with E-state index >= 15 is 0 Å². The van der Waals surface area contributed by atoms with Crippen LogP contribution in [0.3, 0.4) is 0 Å². The van der Waals surface area contributed by atoms with Gasteiger partial charge in [-0.2, -0.15) is 5.10 Å². The fraction of sp³-hybridized carbons (Fsp3) is 0.273. The van der Waals surface area contributed by atoms with Crippen LogP contribution in [0.25, 0.3) is 0 Å². The van der Waals surface area contributed by atoms with E-state index in [0.717, 1.165) is 22.4 Å². The van der Waals surface area contributed by atoms with Crippen molar-refractivity contribution in [2.45, 2.75) is 32.8 Å². The Morgan fingerprint density at radius 1 is 1.14 bits per heavy atom. The van der Waals surface area contributed by atoms with Gasteiger partial charge in [-0.15, -0.1) is 0 Å². The van der Waals surface area contributed by atoms with E-state index in [4.69, 9.17) is 9.47 Å². The molecule has 6 heteroatoms. The van der Waals surface area contributed by atoms with Crippen molar-refractivity contribution >= 4 is 11.7 Å². The lowest BCUT2D eigenvalue weighted by atomic mass is 9.85. The average molecular weight is 377 g/mol. The molecule has 0 saturated heterocycles. The summed E-state index contributed by atoms with van der Waals surface area (Å²) in [5.41, 5.74) is 5.31. The fourth-order valence-corrected chi connectivity index (χ4v) is 3.66. The summed E-state index contributed by atoms with van der Waals surface area (Å²) in [6.45, 7) is 4.50. The van der Waals surface area contributed by atoms with Crippen LogP contribution in [0, 0.1) is 13.8 Å². The highest BCUT2D eigenvalue weighted by atomic mass is 16.5. The maximum atomic E-state index is 12.1. The lowest BCUT2D eigenvalue weighted by Crippen LogP contribution is -2.23. The number of aromatic amines is 1. The van der Waals surface area contributed by atoms with Gasteiger partial charge in [-0.1, -0.05) is 30.3 Å². The highest BCUT2D eigenvalue weighted by molar-refractivity contribution is 5.94. The number of H-pyrrole nitrogens is 1. The second kappa shape index (κ2) is 7.38. The third kappa shape index (κ3) is 3.33. The number of carbonyl (C=O) groups is 1. The van der Waals surface area contributed by atoms with E-state index in [2.05, 4.69) is 34.6 Å². The Bertz CT molecular complexity index is 1030. The molecule has 0 fully saturated rings. The maximum absolute atomic E-state index is 12.1. The zero-order valence-electron chi connectivity index (χ0n) is 16.2. The minimum absolute atomic E-state index is 0.0390. The summed E-state index contributed by atoms with van der Waals surface area (Å²) in [5, 5.41) is 9.99. The molecule has 0 bridgehead atoms. The number of hydrogen-bond donors (Lipinski definition) is 2. The van der Waals surface area contributed by atoms with Crippen LogP contribution in [-0.2, 0) is 11.4 Å². The largest absolute Gasteiger partial charge is 0.493 e. The molecule has 3 aromatic rings. The van der Waals surface area contributed by atoms with E-state index in [-0.39, 0.29) is 11.8 Å². The zero-order chi connectivity index (χ0) is 19.7. The maximum Gasteiger partial charge on any atom is 0.226 e. The van der Waals surface area contributed by atoms with Gasteiger partial charge in [-0.05, 0) is 42.7 Å². The quantitative estimate of drug-likeness (QED) is 0.702. The van der Waals surface area contributed by atoms with Crippen molar-refractivity contribution in [2.75, 3.05) is 12.4 Å². The predicted molar refractivity (Wildman–Crippen MR) is 107 cm³/mol. The predicted octanol–water partition coefficient (Wildman–Crippen LogP) is 4.09. The number of aryl methyl sites for hydroxylation is 2. The van der Waals surface area contributed by atoms with E-state index in [1.54, 1.807) is 7.11 Å². The topological polar surface area (TPSA) is 76.2 Å². The minimum Gasteiger partial charge on any atom is -0.493 e. The normalized spacial score (nSPS) is 15.7. The smallest absolute Gasteiger partial charge is 0.226 e. The Morgan fingerprint density at radius 3 is 2.75 bits per heavy atom. The summed E-state index contributed by atoms with van der Waals surface area (Å²) in [6, 6.07) is 14.0. The van der Waals surface area contributed by atoms with E-state index in [1.807, 2.05) is 37.3 Å². The number of nitrogens with zero attached hydrogens (tertiary/aromatic N) is 1. The Labute approximate surface area is 163 Å². The lowest BCUT2D eigenvalue weighted by Gasteiger charge is -2.24. The van der Waals surface area contributed by atoms with Crippen LogP contribution < -0.4 is 14.8 Å². The van der Waals surface area contributed by atoms with Gasteiger partial charge < -0.3 is 14.8 Å². The highest BCUT2D eigenvalue weighted by Crippen LogP contribution is 2.40. The number of anilines is 1. The molecule has 1 aliphatic heterocycles. The third-order valence-electron chi connectivity index (χ3n) is 5.22. The first-order valence-electron chi connectivity index (χ1n) is 9.26. The van der Waals surface area contributed by atoms with Gasteiger partial charge in [-0.3, -0.25) is 9.89 Å². The Hall–Kier alpha value is -3.28. The fourth-order valence-electron chi connectivity index (χ4n) is 3.66. The van der Waals surface area contributed by atoms with Gasteiger partial charge in [0.25, 0.3) is 0 Å². The highest BCUT2D eigenvalue weighted by Gasteiger charge is 2.31. The number of amides is 1. The van der Waals surface area contributed by atoms with Gasteiger partial charge in [0.2, 0.25) is 5.91 Å². The lowest BCUT2D eigenvalue weighted by molar-refractivity contribution is -0.116. The molecular formula is C22H23N3O3. The molecule has 2 N–H and O–H groups in total. The van der Waals surface area contributed by atoms with E-state index in [0.29, 0.717) is 30.3 Å². The Balaban J connectivity index is 1.62. The summed E-state index contributed by atoms with van der Waals surface area (Å²) >= 11 is 0. The number of hydrogen-bond acceptors (Lipinski definition) is 4. The monoisotopic (exact) mass is 377 g/mol. The third-order valence-corrected chi connectivity index (χ3v) is 5.22. The molecule has 144 valence electrons. The number of benzene rings is 2. The first-order chi connectivity index (χ1) is 13.6. The Morgan fingerprint density at radius 2 is 1.96 bits per heavy atom. The van der Waals surface area contributed by atoms with Gasteiger partial charge in [-0.25, -0.2) is 0 Å². The second-order valence-corrected chi connectivity index (χ2v) is 7.04. The molecule has 0 unspecified atom stereocenters. The van der Waals surface area contributed by atoms with Crippen molar-refractivity contribution in [3.05, 3.63) is 70.4 Å². The molecule has 0 spiro atoms. The summed E-state index contributed by atoms with van der Waals surface area (Å²) < 4.78 is 11.6. The van der Waals surface area contributed by atoms with E-state index < -0.39 is 0 Å². The van der Waals surface area contributed by atoms with Crippen molar-refractivity contribution in [3.8, 4) is 11.5 Å². The molecule has 0 saturated carbocycles. The molecule has 0 radical (unpaired) electrons. The number of rotatable bonds is 5.